The largest absolute Gasteiger partial charge is 0.310 e. The SMILES string of the molecule is O=S(=O)(Nc1nccs1)c1cc(CNC2CC2)ccc1Br. The van der Waals surface area contributed by atoms with Crippen LogP contribution in [-0.4, -0.2) is 19.4 Å². The first kappa shape index (κ1) is 15.0. The van der Waals surface area contributed by atoms with Crippen LogP contribution in [0.2, 0.25) is 0 Å². The summed E-state index contributed by atoms with van der Waals surface area (Å²) in [5.74, 6) is 0. The van der Waals surface area contributed by atoms with Gasteiger partial charge in [0, 0.05) is 28.6 Å². The summed E-state index contributed by atoms with van der Waals surface area (Å²) in [7, 11) is -3.64. The Balaban J connectivity index is 1.83. The number of nitrogens with one attached hydrogen (secondary N) is 2. The Morgan fingerprint density at radius 2 is 2.19 bits per heavy atom. The van der Waals surface area contributed by atoms with Gasteiger partial charge in [-0.3, -0.25) is 4.72 Å². The van der Waals surface area contributed by atoms with Crippen LogP contribution in [0.25, 0.3) is 0 Å². The van der Waals surface area contributed by atoms with Crippen LogP contribution in [0.15, 0.2) is 39.1 Å². The fourth-order valence-corrected chi connectivity index (χ4v) is 4.66. The molecule has 0 amide bonds. The maximum atomic E-state index is 12.4. The first-order valence-corrected chi connectivity index (χ1v) is 9.64. The fourth-order valence-electron chi connectivity index (χ4n) is 1.86. The quantitative estimate of drug-likeness (QED) is 0.798. The van der Waals surface area contributed by atoms with Gasteiger partial charge >= 0.3 is 0 Å². The number of aromatic nitrogens is 1. The molecular formula is C13H14BrN3O2S2. The van der Waals surface area contributed by atoms with Gasteiger partial charge in [-0.2, -0.15) is 0 Å². The van der Waals surface area contributed by atoms with E-state index in [1.54, 1.807) is 23.7 Å². The normalized spacial score (nSPS) is 15.1. The van der Waals surface area contributed by atoms with Crippen LogP contribution in [0.3, 0.4) is 0 Å². The van der Waals surface area contributed by atoms with Crippen LogP contribution < -0.4 is 10.0 Å². The lowest BCUT2D eigenvalue weighted by molar-refractivity contribution is 0.600. The average Bonchev–Trinajstić information content (AvgIpc) is 3.14. The molecule has 0 bridgehead atoms. The molecular weight excluding hydrogens is 374 g/mol. The molecule has 1 aromatic heterocycles. The Morgan fingerprint density at radius 3 is 2.86 bits per heavy atom. The highest BCUT2D eigenvalue weighted by Crippen LogP contribution is 2.26. The highest BCUT2D eigenvalue weighted by Gasteiger charge is 2.22. The molecule has 5 nitrogen and oxygen atoms in total. The van der Waals surface area contributed by atoms with Crippen LogP contribution in [0.4, 0.5) is 5.13 Å². The van der Waals surface area contributed by atoms with Crippen molar-refractivity contribution < 1.29 is 8.42 Å². The van der Waals surface area contributed by atoms with Gasteiger partial charge in [-0.25, -0.2) is 13.4 Å². The molecule has 1 aliphatic carbocycles. The fraction of sp³-hybridized carbons (Fsp3) is 0.308. The molecule has 0 spiro atoms. The summed E-state index contributed by atoms with van der Waals surface area (Å²) in [6.45, 7) is 0.678. The molecule has 0 unspecified atom stereocenters. The third-order valence-corrected chi connectivity index (χ3v) is 6.26. The zero-order valence-corrected chi connectivity index (χ0v) is 14.3. The monoisotopic (exact) mass is 387 g/mol. The van der Waals surface area contributed by atoms with Crippen LogP contribution in [0, 0.1) is 0 Å². The van der Waals surface area contributed by atoms with Crippen LogP contribution in [0.1, 0.15) is 18.4 Å². The van der Waals surface area contributed by atoms with Gasteiger partial charge in [0.25, 0.3) is 10.0 Å². The molecule has 2 N–H and O–H groups in total. The number of sulfonamides is 1. The van der Waals surface area contributed by atoms with E-state index in [0.717, 1.165) is 5.56 Å². The maximum Gasteiger partial charge on any atom is 0.264 e. The number of halogens is 1. The second-order valence-electron chi connectivity index (χ2n) is 4.86. The molecule has 112 valence electrons. The van der Waals surface area contributed by atoms with Gasteiger partial charge in [0.1, 0.15) is 4.90 Å². The summed E-state index contributed by atoms with van der Waals surface area (Å²) in [4.78, 5) is 4.18. The second kappa shape index (κ2) is 6.04. The molecule has 1 saturated carbocycles. The third-order valence-electron chi connectivity index (χ3n) is 3.11. The van der Waals surface area contributed by atoms with Gasteiger partial charge in [0.15, 0.2) is 5.13 Å². The highest BCUT2D eigenvalue weighted by atomic mass is 79.9. The van der Waals surface area contributed by atoms with Gasteiger partial charge in [-0.05, 0) is 46.5 Å². The topological polar surface area (TPSA) is 71.1 Å². The summed E-state index contributed by atoms with van der Waals surface area (Å²) in [6, 6.07) is 5.96. The third kappa shape index (κ3) is 3.82. The van der Waals surface area contributed by atoms with Crippen LogP contribution in [-0.2, 0) is 16.6 Å². The van der Waals surface area contributed by atoms with Crippen molar-refractivity contribution in [3.05, 3.63) is 39.8 Å². The minimum atomic E-state index is -3.64. The van der Waals surface area contributed by atoms with E-state index >= 15 is 0 Å². The molecule has 3 rings (SSSR count). The van der Waals surface area contributed by atoms with E-state index < -0.39 is 10.0 Å². The molecule has 1 fully saturated rings. The smallest absolute Gasteiger partial charge is 0.264 e. The van der Waals surface area contributed by atoms with E-state index in [4.69, 9.17) is 0 Å². The number of nitrogens with zero attached hydrogens (tertiary/aromatic N) is 1. The van der Waals surface area contributed by atoms with Crippen LogP contribution >= 0.6 is 27.3 Å². The summed E-state index contributed by atoms with van der Waals surface area (Å²) in [5, 5.41) is 5.47. The van der Waals surface area contributed by atoms with E-state index in [-0.39, 0.29) is 4.90 Å². The first-order chi connectivity index (χ1) is 10.0. The molecule has 0 saturated heterocycles. The Hall–Kier alpha value is -0.960. The van der Waals surface area contributed by atoms with E-state index in [9.17, 15) is 8.42 Å². The Labute approximate surface area is 136 Å². The van der Waals surface area contributed by atoms with E-state index in [2.05, 4.69) is 31.0 Å². The predicted octanol–water partition coefficient (Wildman–Crippen LogP) is 2.96. The number of thiazole rings is 1. The Morgan fingerprint density at radius 1 is 1.38 bits per heavy atom. The minimum absolute atomic E-state index is 0.229. The lowest BCUT2D eigenvalue weighted by Gasteiger charge is -2.10. The van der Waals surface area contributed by atoms with Gasteiger partial charge < -0.3 is 5.32 Å². The Kier molecular flexibility index (Phi) is 4.30. The Bertz CT molecular complexity index is 728. The number of hydrogen-bond donors (Lipinski definition) is 2. The predicted molar refractivity (Wildman–Crippen MR) is 86.9 cm³/mol. The number of anilines is 1. The standard InChI is InChI=1S/C13H14BrN3O2S2/c14-11-4-1-9(8-16-10-2-3-10)7-12(11)21(18,19)17-13-15-5-6-20-13/h1,4-7,10,16H,2-3,8H2,(H,15,17). The lowest BCUT2D eigenvalue weighted by Crippen LogP contribution is -2.17. The molecule has 0 aliphatic heterocycles. The molecule has 2 aromatic rings. The molecule has 1 aliphatic rings. The lowest BCUT2D eigenvalue weighted by atomic mass is 10.2. The molecule has 0 atom stereocenters. The van der Waals surface area contributed by atoms with Crippen molar-refractivity contribution in [1.82, 2.24) is 10.3 Å². The molecule has 0 radical (unpaired) electrons. The average molecular weight is 388 g/mol. The highest BCUT2D eigenvalue weighted by molar-refractivity contribution is 9.10. The number of hydrogen-bond acceptors (Lipinski definition) is 5. The zero-order chi connectivity index (χ0) is 14.9. The molecule has 1 aromatic carbocycles. The van der Waals surface area contributed by atoms with Crippen molar-refractivity contribution in [3.63, 3.8) is 0 Å². The van der Waals surface area contributed by atoms with Crippen molar-refractivity contribution in [2.45, 2.75) is 30.3 Å². The minimum Gasteiger partial charge on any atom is -0.310 e. The van der Waals surface area contributed by atoms with Gasteiger partial charge in [-0.15, -0.1) is 11.3 Å². The summed E-state index contributed by atoms with van der Waals surface area (Å²) in [6.07, 6.45) is 3.97. The number of benzene rings is 1. The van der Waals surface area contributed by atoms with E-state index in [0.29, 0.717) is 22.2 Å². The van der Waals surface area contributed by atoms with Crippen molar-refractivity contribution in [2.24, 2.45) is 0 Å². The van der Waals surface area contributed by atoms with Gasteiger partial charge in [-0.1, -0.05) is 6.07 Å². The van der Waals surface area contributed by atoms with Crippen LogP contribution in [0.5, 0.6) is 0 Å². The molecule has 8 heteroatoms. The zero-order valence-electron chi connectivity index (χ0n) is 11.0. The molecule has 21 heavy (non-hydrogen) atoms. The maximum absolute atomic E-state index is 12.4. The second-order valence-corrected chi connectivity index (χ2v) is 8.26. The van der Waals surface area contributed by atoms with E-state index in [1.165, 1.54) is 24.2 Å². The van der Waals surface area contributed by atoms with Crippen molar-refractivity contribution in [3.8, 4) is 0 Å². The summed E-state index contributed by atoms with van der Waals surface area (Å²) in [5.41, 5.74) is 0.949. The summed E-state index contributed by atoms with van der Waals surface area (Å²) < 4.78 is 27.9. The van der Waals surface area contributed by atoms with E-state index in [1.807, 2.05) is 6.07 Å². The van der Waals surface area contributed by atoms with Gasteiger partial charge in [0.05, 0.1) is 0 Å². The first-order valence-electron chi connectivity index (χ1n) is 6.49. The number of rotatable bonds is 6. The van der Waals surface area contributed by atoms with Crippen molar-refractivity contribution in [2.75, 3.05) is 4.72 Å². The summed E-state index contributed by atoms with van der Waals surface area (Å²) >= 11 is 4.55. The molecule has 1 heterocycles. The van der Waals surface area contributed by atoms with Crippen molar-refractivity contribution in [1.29, 1.82) is 0 Å². The van der Waals surface area contributed by atoms with Gasteiger partial charge in [0.2, 0.25) is 0 Å². The van der Waals surface area contributed by atoms with Crippen molar-refractivity contribution >= 4 is 42.4 Å².